The summed E-state index contributed by atoms with van der Waals surface area (Å²) in [7, 11) is 1.44. The average molecular weight is 344 g/mol. The van der Waals surface area contributed by atoms with Gasteiger partial charge < -0.3 is 15.4 Å². The molecule has 2 aromatic rings. The Bertz CT molecular complexity index is 749. The van der Waals surface area contributed by atoms with Crippen molar-refractivity contribution in [1.82, 2.24) is 0 Å². The van der Waals surface area contributed by atoms with E-state index in [1.807, 2.05) is 0 Å². The van der Waals surface area contributed by atoms with Gasteiger partial charge in [-0.05, 0) is 36.2 Å². The number of amides is 2. The summed E-state index contributed by atoms with van der Waals surface area (Å²) in [5.74, 6) is -1.21. The van der Waals surface area contributed by atoms with Gasteiger partial charge in [-0.15, -0.1) is 0 Å². The summed E-state index contributed by atoms with van der Waals surface area (Å²) in [6.07, 6.45) is 0.308. The van der Waals surface area contributed by atoms with Gasteiger partial charge in [-0.3, -0.25) is 9.59 Å². The molecule has 2 rings (SSSR count). The quantitative estimate of drug-likeness (QED) is 0.810. The molecule has 0 aliphatic carbocycles. The van der Waals surface area contributed by atoms with E-state index in [1.54, 1.807) is 49.4 Å². The highest BCUT2D eigenvalue weighted by atomic mass is 19.1. The summed E-state index contributed by atoms with van der Waals surface area (Å²) in [5, 5.41) is 5.45. The van der Waals surface area contributed by atoms with Gasteiger partial charge in [0.1, 0.15) is 12.4 Å². The van der Waals surface area contributed by atoms with Crippen LogP contribution in [-0.4, -0.2) is 25.5 Å². The third-order valence-electron chi connectivity index (χ3n) is 3.62. The van der Waals surface area contributed by atoms with Gasteiger partial charge in [0.25, 0.3) is 0 Å². The van der Waals surface area contributed by atoms with Crippen LogP contribution in [-0.2, 0) is 20.7 Å². The van der Waals surface area contributed by atoms with Crippen LogP contribution in [0.4, 0.5) is 15.8 Å². The Morgan fingerprint density at radius 1 is 1.08 bits per heavy atom. The van der Waals surface area contributed by atoms with Gasteiger partial charge in [-0.2, -0.15) is 0 Å². The lowest BCUT2D eigenvalue weighted by atomic mass is 10.00. The fourth-order valence-corrected chi connectivity index (χ4v) is 2.35. The molecule has 132 valence electrons. The number of methoxy groups -OCH3 is 1. The molecule has 0 spiro atoms. The van der Waals surface area contributed by atoms with E-state index in [4.69, 9.17) is 4.74 Å². The van der Waals surface area contributed by atoms with Gasteiger partial charge >= 0.3 is 0 Å². The number of hydrogen-bond acceptors (Lipinski definition) is 3. The largest absolute Gasteiger partial charge is 0.375 e. The fraction of sp³-hybridized carbons (Fsp3) is 0.263. The Labute approximate surface area is 146 Å². The molecule has 0 heterocycles. The smallest absolute Gasteiger partial charge is 0.250 e. The highest BCUT2D eigenvalue weighted by Crippen LogP contribution is 2.18. The van der Waals surface area contributed by atoms with Crippen LogP contribution in [0.1, 0.15) is 12.5 Å². The molecule has 0 radical (unpaired) electrons. The number of nitrogens with one attached hydrogen (secondary N) is 2. The second kappa shape index (κ2) is 8.94. The van der Waals surface area contributed by atoms with Crippen LogP contribution in [0.25, 0.3) is 0 Å². The Morgan fingerprint density at radius 3 is 2.44 bits per heavy atom. The van der Waals surface area contributed by atoms with E-state index in [2.05, 4.69) is 10.6 Å². The van der Waals surface area contributed by atoms with Gasteiger partial charge in [-0.25, -0.2) is 4.39 Å². The maximum absolute atomic E-state index is 13.7. The molecule has 2 amide bonds. The topological polar surface area (TPSA) is 67.4 Å². The molecule has 25 heavy (non-hydrogen) atoms. The minimum absolute atomic E-state index is 0.0454. The van der Waals surface area contributed by atoms with E-state index in [0.29, 0.717) is 23.4 Å². The third-order valence-corrected chi connectivity index (χ3v) is 3.62. The average Bonchev–Trinajstić information content (AvgIpc) is 2.57. The monoisotopic (exact) mass is 344 g/mol. The van der Waals surface area contributed by atoms with Crippen LogP contribution >= 0.6 is 0 Å². The van der Waals surface area contributed by atoms with Crippen LogP contribution in [0.3, 0.4) is 0 Å². The van der Waals surface area contributed by atoms with Gasteiger partial charge in [0, 0.05) is 24.4 Å². The highest BCUT2D eigenvalue weighted by Gasteiger charge is 2.16. The number of halogens is 1. The zero-order valence-corrected chi connectivity index (χ0v) is 14.2. The molecule has 1 atom stereocenters. The first-order valence-corrected chi connectivity index (χ1v) is 7.92. The molecule has 0 fully saturated rings. The van der Waals surface area contributed by atoms with Crippen LogP contribution < -0.4 is 10.6 Å². The molecular formula is C19H21FN2O3. The summed E-state index contributed by atoms with van der Waals surface area (Å²) < 4.78 is 18.5. The van der Waals surface area contributed by atoms with Gasteiger partial charge in [0.2, 0.25) is 11.8 Å². The predicted molar refractivity (Wildman–Crippen MR) is 94.8 cm³/mol. The first-order valence-electron chi connectivity index (χ1n) is 7.92. The number of ether oxygens (including phenoxy) is 1. The molecular weight excluding hydrogens is 323 g/mol. The molecule has 0 unspecified atom stereocenters. The van der Waals surface area contributed by atoms with Crippen molar-refractivity contribution in [3.8, 4) is 0 Å². The molecule has 0 aliphatic rings. The Kier molecular flexibility index (Phi) is 6.65. The summed E-state index contributed by atoms with van der Waals surface area (Å²) in [4.78, 5) is 23.9. The summed E-state index contributed by atoms with van der Waals surface area (Å²) in [6, 6.07) is 13.2. The SMILES string of the molecule is COCC(=O)Nc1cccc(NC(=O)[C@@H](C)Cc2ccccc2F)c1. The van der Waals surface area contributed by atoms with Gasteiger partial charge in [0.05, 0.1) is 0 Å². The molecule has 0 aliphatic heterocycles. The van der Waals surface area contributed by atoms with Crippen molar-refractivity contribution in [2.24, 2.45) is 5.92 Å². The first-order chi connectivity index (χ1) is 12.0. The summed E-state index contributed by atoms with van der Waals surface area (Å²) >= 11 is 0. The van der Waals surface area contributed by atoms with E-state index in [9.17, 15) is 14.0 Å². The number of rotatable bonds is 7. The Balaban J connectivity index is 1.97. The van der Waals surface area contributed by atoms with Crippen LogP contribution in [0.5, 0.6) is 0 Å². The van der Waals surface area contributed by atoms with E-state index in [0.717, 1.165) is 0 Å². The zero-order chi connectivity index (χ0) is 18.2. The van der Waals surface area contributed by atoms with Crippen LogP contribution in [0.2, 0.25) is 0 Å². The second-order valence-corrected chi connectivity index (χ2v) is 5.75. The second-order valence-electron chi connectivity index (χ2n) is 5.75. The highest BCUT2D eigenvalue weighted by molar-refractivity contribution is 5.95. The van der Waals surface area contributed by atoms with Crippen molar-refractivity contribution < 1.29 is 18.7 Å². The van der Waals surface area contributed by atoms with E-state index >= 15 is 0 Å². The number of hydrogen-bond donors (Lipinski definition) is 2. The summed E-state index contributed by atoms with van der Waals surface area (Å²) in [5.41, 5.74) is 1.62. The lowest BCUT2D eigenvalue weighted by Crippen LogP contribution is -2.22. The van der Waals surface area contributed by atoms with Gasteiger partial charge in [-0.1, -0.05) is 31.2 Å². The minimum atomic E-state index is -0.399. The molecule has 0 saturated carbocycles. The number of carbonyl (C=O) groups excluding carboxylic acids is 2. The Morgan fingerprint density at radius 2 is 1.76 bits per heavy atom. The Hall–Kier alpha value is -2.73. The van der Waals surface area contributed by atoms with Gasteiger partial charge in [0.15, 0.2) is 0 Å². The molecule has 2 aromatic carbocycles. The number of carbonyl (C=O) groups is 2. The molecule has 2 N–H and O–H groups in total. The predicted octanol–water partition coefficient (Wildman–Crippen LogP) is 3.23. The molecule has 0 aromatic heterocycles. The standard InChI is InChI=1S/C19H21FN2O3/c1-13(10-14-6-3-4-9-17(14)20)19(24)22-16-8-5-7-15(11-16)21-18(23)12-25-2/h3-9,11,13H,10,12H2,1-2H3,(H,21,23)(H,22,24)/t13-/m0/s1. The maximum atomic E-state index is 13.7. The lowest BCUT2D eigenvalue weighted by Gasteiger charge is -2.13. The lowest BCUT2D eigenvalue weighted by molar-refractivity contribution is -0.120. The van der Waals surface area contributed by atoms with Crippen molar-refractivity contribution in [3.05, 3.63) is 59.9 Å². The van der Waals surface area contributed by atoms with Crippen LogP contribution in [0, 0.1) is 11.7 Å². The van der Waals surface area contributed by atoms with Crippen molar-refractivity contribution in [3.63, 3.8) is 0 Å². The first kappa shape index (κ1) is 18.6. The van der Waals surface area contributed by atoms with Crippen LogP contribution in [0.15, 0.2) is 48.5 Å². The number of benzene rings is 2. The minimum Gasteiger partial charge on any atom is -0.375 e. The van der Waals surface area contributed by atoms with Crippen molar-refractivity contribution in [2.75, 3.05) is 24.4 Å². The van der Waals surface area contributed by atoms with E-state index < -0.39 is 5.92 Å². The molecule has 6 heteroatoms. The molecule has 0 bridgehead atoms. The zero-order valence-electron chi connectivity index (χ0n) is 14.2. The van der Waals surface area contributed by atoms with Crippen molar-refractivity contribution in [1.29, 1.82) is 0 Å². The summed E-state index contributed by atoms with van der Waals surface area (Å²) in [6.45, 7) is 1.70. The normalized spacial score (nSPS) is 11.6. The van der Waals surface area contributed by atoms with E-state index in [-0.39, 0.29) is 24.2 Å². The molecule has 5 nitrogen and oxygen atoms in total. The maximum Gasteiger partial charge on any atom is 0.250 e. The fourth-order valence-electron chi connectivity index (χ4n) is 2.35. The number of anilines is 2. The van der Waals surface area contributed by atoms with Crippen molar-refractivity contribution in [2.45, 2.75) is 13.3 Å². The van der Waals surface area contributed by atoms with Crippen molar-refractivity contribution >= 4 is 23.2 Å². The molecule has 0 saturated heterocycles. The van der Waals surface area contributed by atoms with E-state index in [1.165, 1.54) is 13.2 Å². The third kappa shape index (κ3) is 5.69.